The van der Waals surface area contributed by atoms with Crippen molar-refractivity contribution in [1.29, 1.82) is 0 Å². The van der Waals surface area contributed by atoms with Gasteiger partial charge in [-0.15, -0.1) is 11.3 Å². The third-order valence-electron chi connectivity index (χ3n) is 3.01. The van der Waals surface area contributed by atoms with Gasteiger partial charge in [-0.25, -0.2) is 0 Å². The van der Waals surface area contributed by atoms with Crippen LogP contribution in [-0.2, 0) is 6.42 Å². The maximum atomic E-state index is 4.64. The highest BCUT2D eigenvalue weighted by Crippen LogP contribution is 2.31. The van der Waals surface area contributed by atoms with Gasteiger partial charge in [0.05, 0.1) is 6.54 Å². The molecule has 0 radical (unpaired) electrons. The molecule has 1 N–H and O–H groups in total. The van der Waals surface area contributed by atoms with Gasteiger partial charge in [-0.3, -0.25) is 4.99 Å². The lowest BCUT2D eigenvalue weighted by atomic mass is 9.90. The summed E-state index contributed by atoms with van der Waals surface area (Å²) < 4.78 is 0. The van der Waals surface area contributed by atoms with Crippen LogP contribution in [0.5, 0.6) is 0 Å². The van der Waals surface area contributed by atoms with Crippen LogP contribution in [0.25, 0.3) is 0 Å². The third-order valence-corrected chi connectivity index (χ3v) is 5.03. The minimum atomic E-state index is 0.394. The highest BCUT2D eigenvalue weighted by molar-refractivity contribution is 8.14. The summed E-state index contributed by atoms with van der Waals surface area (Å²) in [4.78, 5) is 6.08. The maximum Gasteiger partial charge on any atom is 0.157 e. The highest BCUT2D eigenvalue weighted by Gasteiger charge is 2.25. The van der Waals surface area contributed by atoms with Crippen LogP contribution in [0.1, 0.15) is 39.0 Å². The van der Waals surface area contributed by atoms with Crippen LogP contribution in [-0.4, -0.2) is 23.0 Å². The van der Waals surface area contributed by atoms with Crippen LogP contribution in [0.2, 0.25) is 0 Å². The van der Waals surface area contributed by atoms with Gasteiger partial charge in [0.25, 0.3) is 0 Å². The Kier molecular flexibility index (Phi) is 4.96. The van der Waals surface area contributed by atoms with Crippen molar-refractivity contribution in [2.24, 2.45) is 10.4 Å². The Morgan fingerprint density at radius 3 is 2.89 bits per heavy atom. The second-order valence-electron chi connectivity index (χ2n) is 6.48. The van der Waals surface area contributed by atoms with Gasteiger partial charge in [0.1, 0.15) is 0 Å². The number of nitrogens with zero attached hydrogens (tertiary/aromatic N) is 1. The lowest BCUT2D eigenvalue weighted by Crippen LogP contribution is -2.31. The van der Waals surface area contributed by atoms with E-state index in [1.54, 1.807) is 0 Å². The maximum absolute atomic E-state index is 4.64. The summed E-state index contributed by atoms with van der Waals surface area (Å²) in [5.74, 6) is 0. The van der Waals surface area contributed by atoms with E-state index in [4.69, 9.17) is 0 Å². The first-order valence-corrected chi connectivity index (χ1v) is 8.68. The van der Waals surface area contributed by atoms with Crippen molar-refractivity contribution in [2.45, 2.75) is 51.8 Å². The normalized spacial score (nSPS) is 21.3. The molecule has 2 heterocycles. The quantitative estimate of drug-likeness (QED) is 0.901. The Morgan fingerprint density at radius 2 is 2.26 bits per heavy atom. The van der Waals surface area contributed by atoms with E-state index in [9.17, 15) is 0 Å². The second-order valence-corrected chi connectivity index (χ2v) is 8.80. The van der Waals surface area contributed by atoms with Crippen molar-refractivity contribution in [3.8, 4) is 0 Å². The van der Waals surface area contributed by atoms with Crippen molar-refractivity contribution < 1.29 is 0 Å². The number of rotatable bonds is 4. The van der Waals surface area contributed by atoms with E-state index in [1.165, 1.54) is 11.3 Å². The van der Waals surface area contributed by atoms with Crippen molar-refractivity contribution >= 4 is 28.3 Å². The second kappa shape index (κ2) is 6.31. The molecule has 0 aliphatic carbocycles. The van der Waals surface area contributed by atoms with E-state index in [-0.39, 0.29) is 0 Å². The molecule has 0 bridgehead atoms. The number of nitrogens with one attached hydrogen (secondary N) is 1. The molecule has 0 aromatic carbocycles. The molecule has 2 unspecified atom stereocenters. The molecule has 0 saturated carbocycles. The molecule has 4 heteroatoms. The van der Waals surface area contributed by atoms with E-state index in [1.807, 2.05) is 23.1 Å². The van der Waals surface area contributed by atoms with Crippen LogP contribution >= 0.6 is 23.1 Å². The van der Waals surface area contributed by atoms with Crippen molar-refractivity contribution in [3.05, 3.63) is 22.4 Å². The van der Waals surface area contributed by atoms with Crippen molar-refractivity contribution in [2.75, 3.05) is 6.54 Å². The number of hydrogen-bond donors (Lipinski definition) is 1. The van der Waals surface area contributed by atoms with Crippen LogP contribution in [0.4, 0.5) is 0 Å². The summed E-state index contributed by atoms with van der Waals surface area (Å²) in [7, 11) is 0. The van der Waals surface area contributed by atoms with E-state index in [0.29, 0.717) is 16.7 Å². The Bertz CT molecular complexity index is 418. The summed E-state index contributed by atoms with van der Waals surface area (Å²) in [5, 5.41) is 7.48. The van der Waals surface area contributed by atoms with Gasteiger partial charge in [0.2, 0.25) is 0 Å². The molecule has 0 saturated heterocycles. The standard InChI is InChI=1S/C15H24N2S2/c1-11(8-12-6-5-7-18-12)17-14-16-10-13(19-14)9-15(2,3)4/h5-7,11,13H,8-10H2,1-4H3,(H,16,17). The molecule has 2 rings (SSSR count). The zero-order valence-electron chi connectivity index (χ0n) is 12.3. The molecule has 1 aromatic rings. The lowest BCUT2D eigenvalue weighted by Gasteiger charge is -2.22. The molecule has 0 amide bonds. The van der Waals surface area contributed by atoms with Crippen LogP contribution in [0, 0.1) is 5.41 Å². The molecule has 2 nitrogen and oxygen atoms in total. The smallest absolute Gasteiger partial charge is 0.157 e. The van der Waals surface area contributed by atoms with E-state index < -0.39 is 0 Å². The van der Waals surface area contributed by atoms with E-state index >= 15 is 0 Å². The summed E-state index contributed by atoms with van der Waals surface area (Å²) in [6.07, 6.45) is 2.31. The molecule has 1 aliphatic rings. The molecule has 106 valence electrons. The number of aliphatic imine (C=N–C) groups is 1. The highest BCUT2D eigenvalue weighted by atomic mass is 32.2. The Hall–Kier alpha value is -0.480. The van der Waals surface area contributed by atoms with E-state index in [2.05, 4.69) is 55.5 Å². The van der Waals surface area contributed by atoms with Gasteiger partial charge in [-0.05, 0) is 30.2 Å². The Morgan fingerprint density at radius 1 is 1.47 bits per heavy atom. The molecule has 0 spiro atoms. The van der Waals surface area contributed by atoms with Crippen molar-refractivity contribution in [3.63, 3.8) is 0 Å². The summed E-state index contributed by atoms with van der Waals surface area (Å²) in [6.45, 7) is 10.1. The molecule has 0 fully saturated rings. The Labute approximate surface area is 125 Å². The fourth-order valence-electron chi connectivity index (χ4n) is 2.28. The number of amidine groups is 1. The average Bonchev–Trinajstić information content (AvgIpc) is 2.88. The first kappa shape index (κ1) is 14.9. The lowest BCUT2D eigenvalue weighted by molar-refractivity contribution is 0.375. The van der Waals surface area contributed by atoms with E-state index in [0.717, 1.165) is 18.1 Å². The zero-order chi connectivity index (χ0) is 13.9. The topological polar surface area (TPSA) is 24.4 Å². The molecule has 1 aromatic heterocycles. The van der Waals surface area contributed by atoms with Gasteiger partial charge in [-0.1, -0.05) is 38.6 Å². The molecular weight excluding hydrogens is 272 g/mol. The fourth-order valence-corrected chi connectivity index (χ4v) is 4.58. The third kappa shape index (κ3) is 5.19. The van der Waals surface area contributed by atoms with Gasteiger partial charge in [-0.2, -0.15) is 0 Å². The largest absolute Gasteiger partial charge is 0.362 e. The monoisotopic (exact) mass is 296 g/mol. The van der Waals surface area contributed by atoms with Crippen LogP contribution in [0.3, 0.4) is 0 Å². The minimum Gasteiger partial charge on any atom is -0.362 e. The molecule has 2 atom stereocenters. The van der Waals surface area contributed by atoms with Gasteiger partial charge in [0, 0.05) is 22.6 Å². The molecule has 19 heavy (non-hydrogen) atoms. The average molecular weight is 297 g/mol. The van der Waals surface area contributed by atoms with Crippen LogP contribution in [0.15, 0.2) is 22.5 Å². The number of thiophene rings is 1. The molecular formula is C15H24N2S2. The fraction of sp³-hybridized carbons (Fsp3) is 0.667. The predicted molar refractivity (Wildman–Crippen MR) is 88.4 cm³/mol. The van der Waals surface area contributed by atoms with Crippen LogP contribution < -0.4 is 5.32 Å². The minimum absolute atomic E-state index is 0.394. The summed E-state index contributed by atoms with van der Waals surface area (Å²) in [5.41, 5.74) is 0.394. The zero-order valence-corrected chi connectivity index (χ0v) is 13.9. The van der Waals surface area contributed by atoms with Gasteiger partial charge in [0.15, 0.2) is 5.17 Å². The van der Waals surface area contributed by atoms with Gasteiger partial charge >= 0.3 is 0 Å². The van der Waals surface area contributed by atoms with Gasteiger partial charge < -0.3 is 5.32 Å². The molecule has 1 aliphatic heterocycles. The first-order chi connectivity index (χ1) is 8.92. The summed E-state index contributed by atoms with van der Waals surface area (Å²) >= 11 is 3.75. The number of thioether (sulfide) groups is 1. The first-order valence-electron chi connectivity index (χ1n) is 6.92. The summed E-state index contributed by atoms with van der Waals surface area (Å²) in [6, 6.07) is 4.78. The SMILES string of the molecule is CC(Cc1cccs1)NC1=NCC(CC(C)(C)C)S1. The van der Waals surface area contributed by atoms with Crippen molar-refractivity contribution in [1.82, 2.24) is 5.32 Å². The number of hydrogen-bond acceptors (Lipinski definition) is 4. The predicted octanol–water partition coefficient (Wildman–Crippen LogP) is 4.18. The Balaban J connectivity index is 1.75.